The van der Waals surface area contributed by atoms with E-state index in [2.05, 4.69) is 51.6 Å². The minimum Gasteiger partial charge on any atom is -0.352 e. The predicted octanol–water partition coefficient (Wildman–Crippen LogP) is 4.51. The van der Waals surface area contributed by atoms with Gasteiger partial charge in [0, 0.05) is 37.4 Å². The van der Waals surface area contributed by atoms with E-state index in [1.54, 1.807) is 24.0 Å². The average Bonchev–Trinajstić information content (AvgIpc) is 2.82. The lowest BCUT2D eigenvalue weighted by Crippen LogP contribution is -2.50. The molecule has 6 nitrogen and oxygen atoms in total. The molecule has 0 radical (unpaired) electrons. The first-order valence-corrected chi connectivity index (χ1v) is 10.5. The molecule has 7 heteroatoms. The maximum absolute atomic E-state index is 13.7. The monoisotopic (exact) mass is 419 g/mol. The van der Waals surface area contributed by atoms with E-state index in [4.69, 9.17) is 0 Å². The first-order valence-electron chi connectivity index (χ1n) is 10.5. The first kappa shape index (κ1) is 20.8. The number of anilines is 2. The molecule has 2 amide bonds. The van der Waals surface area contributed by atoms with Crippen LogP contribution in [0.2, 0.25) is 0 Å². The number of rotatable bonds is 4. The van der Waals surface area contributed by atoms with Crippen LogP contribution in [0.15, 0.2) is 54.6 Å². The topological polar surface area (TPSA) is 61.4 Å². The molecule has 160 valence electrons. The Hall–Kier alpha value is -3.48. The number of piperazine rings is 1. The largest absolute Gasteiger partial charge is 0.352 e. The molecule has 1 aliphatic rings. The number of nitrogens with zero attached hydrogens (tertiary/aromatic N) is 4. The smallest absolute Gasteiger partial charge is 0.321 e. The molecule has 0 aliphatic carbocycles. The van der Waals surface area contributed by atoms with Gasteiger partial charge in [-0.05, 0) is 48.7 Å². The third-order valence-corrected chi connectivity index (χ3v) is 5.62. The minimum absolute atomic E-state index is 0.222. The zero-order chi connectivity index (χ0) is 21.8. The molecule has 3 aromatic rings. The summed E-state index contributed by atoms with van der Waals surface area (Å²) in [5.41, 5.74) is 4.20. The molecule has 4 rings (SSSR count). The molecule has 31 heavy (non-hydrogen) atoms. The predicted molar refractivity (Wildman–Crippen MR) is 121 cm³/mol. The minimum atomic E-state index is -0.328. The van der Waals surface area contributed by atoms with E-state index in [1.807, 2.05) is 12.1 Å². The van der Waals surface area contributed by atoms with Crippen molar-refractivity contribution in [2.24, 2.45) is 0 Å². The fourth-order valence-electron chi connectivity index (χ4n) is 3.57. The van der Waals surface area contributed by atoms with Gasteiger partial charge in [0.25, 0.3) is 0 Å². The first-order chi connectivity index (χ1) is 15.0. The van der Waals surface area contributed by atoms with Crippen LogP contribution >= 0.6 is 0 Å². The maximum Gasteiger partial charge on any atom is 0.321 e. The van der Waals surface area contributed by atoms with Crippen LogP contribution in [0.1, 0.15) is 18.1 Å². The molecule has 1 saturated heterocycles. The zero-order valence-corrected chi connectivity index (χ0v) is 17.8. The van der Waals surface area contributed by atoms with Crippen LogP contribution in [0.4, 0.5) is 20.7 Å². The van der Waals surface area contributed by atoms with Gasteiger partial charge in [-0.2, -0.15) is 0 Å². The number of benzene rings is 2. The fourth-order valence-corrected chi connectivity index (χ4v) is 3.57. The fraction of sp³-hybridized carbons (Fsp3) is 0.292. The third kappa shape index (κ3) is 4.82. The summed E-state index contributed by atoms with van der Waals surface area (Å²) in [6.07, 6.45) is 1.01. The summed E-state index contributed by atoms with van der Waals surface area (Å²) in [5, 5.41) is 11.5. The number of aromatic nitrogens is 2. The molecule has 0 saturated carbocycles. The highest BCUT2D eigenvalue weighted by Crippen LogP contribution is 2.21. The number of aryl methyl sites for hydroxylation is 2. The van der Waals surface area contributed by atoms with Crippen molar-refractivity contribution < 1.29 is 9.18 Å². The van der Waals surface area contributed by atoms with Crippen molar-refractivity contribution in [2.75, 3.05) is 36.4 Å². The number of carbonyl (C=O) groups is 1. The van der Waals surface area contributed by atoms with Crippen molar-refractivity contribution in [3.63, 3.8) is 0 Å². The summed E-state index contributed by atoms with van der Waals surface area (Å²) in [6.45, 7) is 6.26. The summed E-state index contributed by atoms with van der Waals surface area (Å²) in [7, 11) is 0. The summed E-state index contributed by atoms with van der Waals surface area (Å²) >= 11 is 0. The highest BCUT2D eigenvalue weighted by atomic mass is 19.1. The van der Waals surface area contributed by atoms with Crippen LogP contribution in [0.3, 0.4) is 0 Å². The third-order valence-electron chi connectivity index (χ3n) is 5.62. The van der Waals surface area contributed by atoms with Gasteiger partial charge in [0.05, 0.1) is 5.69 Å². The van der Waals surface area contributed by atoms with E-state index in [0.29, 0.717) is 37.4 Å². The van der Waals surface area contributed by atoms with E-state index in [1.165, 1.54) is 11.6 Å². The normalized spacial score (nSPS) is 13.9. The maximum atomic E-state index is 13.7. The SMILES string of the molecule is CCc1ccc(-c2ccc(N3CCN(C(=O)Nc4ccc(C)c(F)c4)CC3)nn2)cc1. The van der Waals surface area contributed by atoms with Crippen LogP contribution < -0.4 is 10.2 Å². The molecular formula is C24H26FN5O. The molecular weight excluding hydrogens is 393 g/mol. The van der Waals surface area contributed by atoms with Gasteiger partial charge < -0.3 is 15.1 Å². The standard InChI is InChI=1S/C24H26FN5O/c1-3-18-5-7-19(8-6-18)22-10-11-23(28-27-22)29-12-14-30(15-13-29)24(31)26-20-9-4-17(2)21(25)16-20/h4-11,16H,3,12-15H2,1-2H3,(H,26,31). The lowest BCUT2D eigenvalue weighted by Gasteiger charge is -2.35. The van der Waals surface area contributed by atoms with Gasteiger partial charge in [0.2, 0.25) is 0 Å². The van der Waals surface area contributed by atoms with Crippen molar-refractivity contribution in [3.8, 4) is 11.3 Å². The van der Waals surface area contributed by atoms with E-state index < -0.39 is 0 Å². The lowest BCUT2D eigenvalue weighted by molar-refractivity contribution is 0.208. The molecule has 2 heterocycles. The quantitative estimate of drug-likeness (QED) is 0.676. The van der Waals surface area contributed by atoms with E-state index >= 15 is 0 Å². The van der Waals surface area contributed by atoms with Gasteiger partial charge in [-0.25, -0.2) is 9.18 Å². The van der Waals surface area contributed by atoms with Gasteiger partial charge >= 0.3 is 6.03 Å². The highest BCUT2D eigenvalue weighted by molar-refractivity contribution is 5.89. The number of amides is 2. The van der Waals surface area contributed by atoms with E-state index in [-0.39, 0.29) is 11.8 Å². The van der Waals surface area contributed by atoms with Gasteiger partial charge in [0.1, 0.15) is 5.82 Å². The second kappa shape index (κ2) is 9.12. The number of hydrogen-bond donors (Lipinski definition) is 1. The Balaban J connectivity index is 1.33. The van der Waals surface area contributed by atoms with Crippen molar-refractivity contribution >= 4 is 17.5 Å². The number of nitrogens with one attached hydrogen (secondary N) is 1. The zero-order valence-electron chi connectivity index (χ0n) is 17.8. The summed E-state index contributed by atoms with van der Waals surface area (Å²) in [6, 6.07) is 16.8. The number of urea groups is 1. The van der Waals surface area contributed by atoms with Gasteiger partial charge in [-0.15, -0.1) is 10.2 Å². The van der Waals surface area contributed by atoms with Crippen LogP contribution in [-0.2, 0) is 6.42 Å². The van der Waals surface area contributed by atoms with Gasteiger partial charge in [-0.3, -0.25) is 0 Å². The summed E-state index contributed by atoms with van der Waals surface area (Å²) in [5.74, 6) is 0.473. The molecule has 0 unspecified atom stereocenters. The summed E-state index contributed by atoms with van der Waals surface area (Å²) in [4.78, 5) is 16.3. The van der Waals surface area contributed by atoms with Crippen LogP contribution in [0.25, 0.3) is 11.3 Å². The molecule has 1 fully saturated rings. The Morgan fingerprint density at radius 1 is 1.00 bits per heavy atom. The molecule has 1 aliphatic heterocycles. The van der Waals surface area contributed by atoms with Crippen molar-refractivity contribution in [1.29, 1.82) is 0 Å². The van der Waals surface area contributed by atoms with Crippen molar-refractivity contribution in [1.82, 2.24) is 15.1 Å². The molecule has 0 atom stereocenters. The molecule has 0 bridgehead atoms. The number of hydrogen-bond acceptors (Lipinski definition) is 4. The Morgan fingerprint density at radius 2 is 1.74 bits per heavy atom. The van der Waals surface area contributed by atoms with Crippen molar-refractivity contribution in [3.05, 3.63) is 71.5 Å². The Morgan fingerprint density at radius 3 is 2.35 bits per heavy atom. The molecule has 0 spiro atoms. The Bertz CT molecular complexity index is 1040. The molecule has 2 aromatic carbocycles. The lowest BCUT2D eigenvalue weighted by atomic mass is 10.1. The molecule has 1 aromatic heterocycles. The highest BCUT2D eigenvalue weighted by Gasteiger charge is 2.22. The number of halogens is 1. The Labute approximate surface area is 181 Å². The van der Waals surface area contributed by atoms with Gasteiger partial charge in [-0.1, -0.05) is 37.3 Å². The van der Waals surface area contributed by atoms with Crippen LogP contribution in [0, 0.1) is 12.7 Å². The van der Waals surface area contributed by atoms with Crippen LogP contribution in [-0.4, -0.2) is 47.3 Å². The summed E-state index contributed by atoms with van der Waals surface area (Å²) < 4.78 is 13.7. The number of carbonyl (C=O) groups excluding carboxylic acids is 1. The van der Waals surface area contributed by atoms with E-state index in [9.17, 15) is 9.18 Å². The van der Waals surface area contributed by atoms with Gasteiger partial charge in [0.15, 0.2) is 5.82 Å². The Kier molecular flexibility index (Phi) is 6.11. The average molecular weight is 420 g/mol. The van der Waals surface area contributed by atoms with Crippen molar-refractivity contribution in [2.45, 2.75) is 20.3 Å². The second-order valence-corrected chi connectivity index (χ2v) is 7.70. The van der Waals surface area contributed by atoms with Crippen LogP contribution in [0.5, 0.6) is 0 Å². The van der Waals surface area contributed by atoms with E-state index in [0.717, 1.165) is 23.5 Å². The molecule has 1 N–H and O–H groups in total. The second-order valence-electron chi connectivity index (χ2n) is 7.70.